The van der Waals surface area contributed by atoms with E-state index in [4.69, 9.17) is 4.74 Å². The van der Waals surface area contributed by atoms with Gasteiger partial charge in [-0.25, -0.2) is 4.98 Å². The summed E-state index contributed by atoms with van der Waals surface area (Å²) in [5, 5.41) is 13.7. The maximum atomic E-state index is 12.4. The number of rotatable bonds is 8. The molecule has 1 amide bonds. The summed E-state index contributed by atoms with van der Waals surface area (Å²) < 4.78 is 6.97. The van der Waals surface area contributed by atoms with Gasteiger partial charge in [0.15, 0.2) is 5.82 Å². The zero-order valence-corrected chi connectivity index (χ0v) is 14.7. The molecule has 7 nitrogen and oxygen atoms in total. The summed E-state index contributed by atoms with van der Waals surface area (Å²) in [4.78, 5) is 16.7. The number of aryl methyl sites for hydroxylation is 1. The number of amides is 1. The Balaban J connectivity index is 1.62. The molecule has 8 heteroatoms. The van der Waals surface area contributed by atoms with Gasteiger partial charge in [0.2, 0.25) is 0 Å². The SMILES string of the molecule is COCCCn1cnnc1CNC(=O)c1cccc(-c2nccs2)c1. The van der Waals surface area contributed by atoms with E-state index >= 15 is 0 Å². The van der Waals surface area contributed by atoms with Gasteiger partial charge in [-0.1, -0.05) is 12.1 Å². The molecule has 0 aliphatic carbocycles. The molecule has 0 saturated carbocycles. The summed E-state index contributed by atoms with van der Waals surface area (Å²) in [5.41, 5.74) is 1.53. The van der Waals surface area contributed by atoms with Crippen molar-refractivity contribution in [2.24, 2.45) is 0 Å². The van der Waals surface area contributed by atoms with Crippen molar-refractivity contribution in [3.63, 3.8) is 0 Å². The number of hydrogen-bond donors (Lipinski definition) is 1. The number of nitrogens with one attached hydrogen (secondary N) is 1. The molecule has 2 aromatic heterocycles. The standard InChI is InChI=1S/C17H19N5O2S/c1-24-8-3-7-22-12-20-21-15(22)11-19-16(23)13-4-2-5-14(10-13)17-18-6-9-25-17/h2,4-6,9-10,12H,3,7-8,11H2,1H3,(H,19,23). The van der Waals surface area contributed by atoms with Gasteiger partial charge >= 0.3 is 0 Å². The van der Waals surface area contributed by atoms with E-state index in [9.17, 15) is 4.79 Å². The van der Waals surface area contributed by atoms with Crippen molar-refractivity contribution in [2.45, 2.75) is 19.5 Å². The molecule has 0 spiro atoms. The average Bonchev–Trinajstić information content (AvgIpc) is 3.32. The second kappa shape index (κ2) is 8.50. The summed E-state index contributed by atoms with van der Waals surface area (Å²) in [6.07, 6.45) is 4.29. The van der Waals surface area contributed by atoms with E-state index in [1.807, 2.05) is 28.1 Å². The van der Waals surface area contributed by atoms with Gasteiger partial charge in [-0.3, -0.25) is 4.79 Å². The van der Waals surface area contributed by atoms with Gasteiger partial charge in [0, 0.05) is 43.0 Å². The Bertz CT molecular complexity index is 816. The first-order chi connectivity index (χ1) is 12.3. The van der Waals surface area contributed by atoms with Crippen LogP contribution in [0.1, 0.15) is 22.6 Å². The molecular weight excluding hydrogens is 338 g/mol. The minimum Gasteiger partial charge on any atom is -0.385 e. The number of carbonyl (C=O) groups is 1. The molecule has 0 radical (unpaired) electrons. The number of ether oxygens (including phenoxy) is 1. The van der Waals surface area contributed by atoms with E-state index in [1.54, 1.807) is 37.0 Å². The third-order valence-corrected chi connectivity index (χ3v) is 4.48. The lowest BCUT2D eigenvalue weighted by molar-refractivity contribution is 0.0949. The molecule has 0 atom stereocenters. The second-order valence-electron chi connectivity index (χ2n) is 5.39. The van der Waals surface area contributed by atoms with Gasteiger partial charge in [-0.15, -0.1) is 21.5 Å². The molecule has 0 bridgehead atoms. The first kappa shape index (κ1) is 17.2. The predicted molar refractivity (Wildman–Crippen MR) is 95.2 cm³/mol. The second-order valence-corrected chi connectivity index (χ2v) is 6.28. The molecular formula is C17H19N5O2S. The molecule has 3 aromatic rings. The van der Waals surface area contributed by atoms with E-state index in [1.165, 1.54) is 0 Å². The number of benzene rings is 1. The highest BCUT2D eigenvalue weighted by Crippen LogP contribution is 2.22. The Morgan fingerprint density at radius 2 is 2.32 bits per heavy atom. The maximum absolute atomic E-state index is 12.4. The molecule has 0 fully saturated rings. The van der Waals surface area contributed by atoms with Crippen LogP contribution in [0.3, 0.4) is 0 Å². The lowest BCUT2D eigenvalue weighted by Gasteiger charge is -2.08. The summed E-state index contributed by atoms with van der Waals surface area (Å²) in [6.45, 7) is 1.76. The average molecular weight is 357 g/mol. The van der Waals surface area contributed by atoms with E-state index in [0.29, 0.717) is 18.7 Å². The van der Waals surface area contributed by atoms with Crippen molar-refractivity contribution >= 4 is 17.2 Å². The number of hydrogen-bond acceptors (Lipinski definition) is 6. The van der Waals surface area contributed by atoms with Gasteiger partial charge in [0.1, 0.15) is 11.3 Å². The molecule has 2 heterocycles. The van der Waals surface area contributed by atoms with Crippen LogP contribution in [0.25, 0.3) is 10.6 Å². The first-order valence-corrected chi connectivity index (χ1v) is 8.79. The highest BCUT2D eigenvalue weighted by Gasteiger charge is 2.10. The van der Waals surface area contributed by atoms with E-state index in [2.05, 4.69) is 20.5 Å². The third-order valence-electron chi connectivity index (χ3n) is 3.65. The lowest BCUT2D eigenvalue weighted by atomic mass is 10.1. The minimum absolute atomic E-state index is 0.148. The summed E-state index contributed by atoms with van der Waals surface area (Å²) >= 11 is 1.54. The van der Waals surface area contributed by atoms with Gasteiger partial charge < -0.3 is 14.6 Å². The van der Waals surface area contributed by atoms with Gasteiger partial charge in [0.05, 0.1) is 6.54 Å². The quantitative estimate of drug-likeness (QED) is 0.626. The van der Waals surface area contributed by atoms with Crippen LogP contribution in [0.4, 0.5) is 0 Å². The Kier molecular flexibility index (Phi) is 5.86. The Morgan fingerprint density at radius 1 is 1.40 bits per heavy atom. The largest absolute Gasteiger partial charge is 0.385 e. The van der Waals surface area contributed by atoms with Gasteiger partial charge in [-0.05, 0) is 18.6 Å². The predicted octanol–water partition coefficient (Wildman–Crippen LogP) is 2.37. The van der Waals surface area contributed by atoms with Crippen LogP contribution >= 0.6 is 11.3 Å². The molecule has 0 saturated heterocycles. The highest BCUT2D eigenvalue weighted by molar-refractivity contribution is 7.13. The fourth-order valence-electron chi connectivity index (χ4n) is 2.40. The number of nitrogens with zero attached hydrogens (tertiary/aromatic N) is 4. The normalized spacial score (nSPS) is 10.8. The lowest BCUT2D eigenvalue weighted by Crippen LogP contribution is -2.24. The maximum Gasteiger partial charge on any atom is 0.251 e. The van der Waals surface area contributed by atoms with Crippen LogP contribution in [0.15, 0.2) is 42.2 Å². The van der Waals surface area contributed by atoms with Crippen LogP contribution in [-0.4, -0.2) is 39.4 Å². The Morgan fingerprint density at radius 3 is 3.12 bits per heavy atom. The van der Waals surface area contributed by atoms with Crippen molar-refractivity contribution in [1.29, 1.82) is 0 Å². The van der Waals surface area contributed by atoms with Gasteiger partial charge in [0.25, 0.3) is 5.91 Å². The van der Waals surface area contributed by atoms with E-state index < -0.39 is 0 Å². The van der Waals surface area contributed by atoms with Crippen LogP contribution in [0.5, 0.6) is 0 Å². The molecule has 1 aromatic carbocycles. The van der Waals surface area contributed by atoms with Crippen LogP contribution in [0, 0.1) is 0 Å². The third kappa shape index (κ3) is 4.49. The Hall–Kier alpha value is -2.58. The zero-order valence-electron chi connectivity index (χ0n) is 13.9. The highest BCUT2D eigenvalue weighted by atomic mass is 32.1. The molecule has 0 unspecified atom stereocenters. The molecule has 25 heavy (non-hydrogen) atoms. The van der Waals surface area contributed by atoms with Crippen molar-refractivity contribution in [2.75, 3.05) is 13.7 Å². The summed E-state index contributed by atoms with van der Waals surface area (Å²) in [6, 6.07) is 7.44. The van der Waals surface area contributed by atoms with Crippen molar-refractivity contribution in [3.05, 3.63) is 53.6 Å². The van der Waals surface area contributed by atoms with Crippen LogP contribution in [0.2, 0.25) is 0 Å². The number of methoxy groups -OCH3 is 1. The fraction of sp³-hybridized carbons (Fsp3) is 0.294. The number of aromatic nitrogens is 4. The van der Waals surface area contributed by atoms with Crippen molar-refractivity contribution in [3.8, 4) is 10.6 Å². The first-order valence-electron chi connectivity index (χ1n) is 7.91. The van der Waals surface area contributed by atoms with E-state index in [0.717, 1.165) is 29.4 Å². The Labute approximate surface area is 149 Å². The zero-order chi connectivity index (χ0) is 17.5. The fourth-order valence-corrected chi connectivity index (χ4v) is 3.04. The van der Waals surface area contributed by atoms with Gasteiger partial charge in [-0.2, -0.15) is 0 Å². The molecule has 0 aliphatic heterocycles. The van der Waals surface area contributed by atoms with Crippen LogP contribution < -0.4 is 5.32 Å². The molecule has 130 valence electrons. The summed E-state index contributed by atoms with van der Waals surface area (Å²) in [7, 11) is 1.67. The van der Waals surface area contributed by atoms with Crippen LogP contribution in [-0.2, 0) is 17.8 Å². The van der Waals surface area contributed by atoms with Crippen molar-refractivity contribution < 1.29 is 9.53 Å². The molecule has 3 rings (SSSR count). The molecule has 1 N–H and O–H groups in total. The minimum atomic E-state index is -0.148. The molecule has 0 aliphatic rings. The van der Waals surface area contributed by atoms with E-state index in [-0.39, 0.29) is 5.91 Å². The van der Waals surface area contributed by atoms with Crippen molar-refractivity contribution in [1.82, 2.24) is 25.1 Å². The summed E-state index contributed by atoms with van der Waals surface area (Å²) in [5.74, 6) is 0.574. The number of thiazole rings is 1. The number of carbonyl (C=O) groups excluding carboxylic acids is 1. The smallest absolute Gasteiger partial charge is 0.251 e. The monoisotopic (exact) mass is 357 g/mol. The topological polar surface area (TPSA) is 81.9 Å².